The summed E-state index contributed by atoms with van der Waals surface area (Å²) in [6.07, 6.45) is 1.31. The molecule has 0 fully saturated rings. The Morgan fingerprint density at radius 3 is 2.39 bits per heavy atom. The van der Waals surface area contributed by atoms with Crippen molar-refractivity contribution in [1.82, 2.24) is 0 Å². The molecule has 0 bridgehead atoms. The van der Waals surface area contributed by atoms with E-state index in [0.29, 0.717) is 27.1 Å². The molecule has 0 atom stereocenters. The number of rotatable bonds is 4. The quantitative estimate of drug-likeness (QED) is 0.339. The van der Waals surface area contributed by atoms with Gasteiger partial charge < -0.3 is 9.73 Å². The number of amides is 1. The number of nitrogens with one attached hydrogen (secondary N) is 1. The molecule has 0 saturated carbocycles. The molecule has 8 heteroatoms. The predicted octanol–water partition coefficient (Wildman–Crippen LogP) is 7.11. The van der Waals surface area contributed by atoms with Crippen LogP contribution in [0.1, 0.15) is 5.76 Å². The fraction of sp³-hybridized carbons (Fsp3) is 0. The number of carbonyl (C=O) groups is 1. The molecule has 0 spiro atoms. The van der Waals surface area contributed by atoms with Crippen LogP contribution in [-0.2, 0) is 4.79 Å². The SMILES string of the molecule is N#C/C(=C\c1ccc(-c2cc(Cl)ccc2Cl)o1)C(=O)Nc1c(Cl)cccc1Cl. The summed E-state index contributed by atoms with van der Waals surface area (Å²) in [7, 11) is 0. The molecule has 2 aromatic carbocycles. The van der Waals surface area contributed by atoms with Crippen molar-refractivity contribution in [2.45, 2.75) is 0 Å². The second-order valence-corrected chi connectivity index (χ2v) is 7.20. The minimum atomic E-state index is -0.670. The highest BCUT2D eigenvalue weighted by molar-refractivity contribution is 6.40. The lowest BCUT2D eigenvalue weighted by Crippen LogP contribution is -2.14. The molecule has 1 amide bonds. The van der Waals surface area contributed by atoms with Gasteiger partial charge in [-0.2, -0.15) is 5.26 Å². The third-order valence-electron chi connectivity index (χ3n) is 3.67. The second kappa shape index (κ2) is 8.72. The normalized spacial score (nSPS) is 11.2. The average molecular weight is 452 g/mol. The van der Waals surface area contributed by atoms with Gasteiger partial charge in [0.15, 0.2) is 0 Å². The zero-order chi connectivity index (χ0) is 20.3. The van der Waals surface area contributed by atoms with Crippen LogP contribution in [0.5, 0.6) is 0 Å². The standard InChI is InChI=1S/C20H10Cl4N2O2/c21-12-4-6-15(22)14(9-12)18-7-5-13(28-18)8-11(10-25)20(27)26-19-16(23)2-1-3-17(19)24/h1-9H,(H,26,27)/b11-8+. The first-order valence-electron chi connectivity index (χ1n) is 7.81. The Balaban J connectivity index is 1.87. The molecule has 1 N–H and O–H groups in total. The molecule has 4 nitrogen and oxygen atoms in total. The molecule has 140 valence electrons. The van der Waals surface area contributed by atoms with Crippen LogP contribution in [0.3, 0.4) is 0 Å². The molecule has 1 aromatic heterocycles. The summed E-state index contributed by atoms with van der Waals surface area (Å²) in [4.78, 5) is 12.4. The minimum absolute atomic E-state index is 0.186. The van der Waals surface area contributed by atoms with Crippen LogP contribution in [0.2, 0.25) is 20.1 Å². The summed E-state index contributed by atoms with van der Waals surface area (Å²) in [6, 6.07) is 14.9. The summed E-state index contributed by atoms with van der Waals surface area (Å²) in [5.74, 6) is 0.0739. The zero-order valence-electron chi connectivity index (χ0n) is 14.0. The van der Waals surface area contributed by atoms with Crippen LogP contribution in [0, 0.1) is 11.3 Å². The second-order valence-electron chi connectivity index (χ2n) is 5.55. The van der Waals surface area contributed by atoms with Gasteiger partial charge in [0.2, 0.25) is 0 Å². The summed E-state index contributed by atoms with van der Waals surface area (Å²) in [6.45, 7) is 0. The molecule has 0 unspecified atom stereocenters. The van der Waals surface area contributed by atoms with Crippen molar-refractivity contribution in [3.8, 4) is 17.4 Å². The Morgan fingerprint density at radius 1 is 1.00 bits per heavy atom. The van der Waals surface area contributed by atoms with E-state index < -0.39 is 5.91 Å². The number of halogens is 4. The number of hydrogen-bond donors (Lipinski definition) is 1. The number of hydrogen-bond acceptors (Lipinski definition) is 3. The van der Waals surface area contributed by atoms with Crippen LogP contribution in [0.25, 0.3) is 17.4 Å². The van der Waals surface area contributed by atoms with E-state index in [0.717, 1.165) is 0 Å². The molecular formula is C20H10Cl4N2O2. The van der Waals surface area contributed by atoms with Gasteiger partial charge in [-0.05, 0) is 42.5 Å². The van der Waals surface area contributed by atoms with Gasteiger partial charge in [0, 0.05) is 16.7 Å². The van der Waals surface area contributed by atoms with Crippen molar-refractivity contribution in [3.05, 3.63) is 80.0 Å². The highest BCUT2D eigenvalue weighted by Crippen LogP contribution is 2.33. The zero-order valence-corrected chi connectivity index (χ0v) is 17.0. The van der Waals surface area contributed by atoms with E-state index in [-0.39, 0.29) is 21.3 Å². The van der Waals surface area contributed by atoms with Crippen LogP contribution in [0.4, 0.5) is 5.69 Å². The lowest BCUT2D eigenvalue weighted by Gasteiger charge is -2.08. The number of furan rings is 1. The number of nitriles is 1. The fourth-order valence-corrected chi connectivity index (χ4v) is 3.23. The van der Waals surface area contributed by atoms with Crippen molar-refractivity contribution >= 4 is 64.1 Å². The Bertz CT molecular complexity index is 1110. The lowest BCUT2D eigenvalue weighted by molar-refractivity contribution is -0.112. The maximum Gasteiger partial charge on any atom is 0.266 e. The summed E-state index contributed by atoms with van der Waals surface area (Å²) >= 11 is 24.2. The molecule has 0 aliphatic carbocycles. The molecule has 3 aromatic rings. The Kier molecular flexibility index (Phi) is 6.33. The van der Waals surface area contributed by atoms with E-state index in [9.17, 15) is 10.1 Å². The third kappa shape index (κ3) is 4.52. The largest absolute Gasteiger partial charge is 0.457 e. The molecular weight excluding hydrogens is 442 g/mol. The van der Waals surface area contributed by atoms with E-state index in [1.807, 2.05) is 6.07 Å². The van der Waals surface area contributed by atoms with Gasteiger partial charge in [-0.15, -0.1) is 0 Å². The van der Waals surface area contributed by atoms with E-state index in [2.05, 4.69) is 5.32 Å². The van der Waals surface area contributed by atoms with Gasteiger partial charge in [0.25, 0.3) is 5.91 Å². The molecule has 3 rings (SSSR count). The van der Waals surface area contributed by atoms with Crippen molar-refractivity contribution in [2.75, 3.05) is 5.32 Å². The smallest absolute Gasteiger partial charge is 0.266 e. The lowest BCUT2D eigenvalue weighted by atomic mass is 10.2. The number of benzene rings is 2. The van der Waals surface area contributed by atoms with Crippen molar-refractivity contribution < 1.29 is 9.21 Å². The molecule has 0 aliphatic heterocycles. The van der Waals surface area contributed by atoms with Crippen LogP contribution >= 0.6 is 46.4 Å². The van der Waals surface area contributed by atoms with E-state index in [4.69, 9.17) is 50.8 Å². The molecule has 0 aliphatic rings. The first kappa shape index (κ1) is 20.3. The van der Waals surface area contributed by atoms with Gasteiger partial charge >= 0.3 is 0 Å². The Labute approximate surface area is 180 Å². The monoisotopic (exact) mass is 450 g/mol. The summed E-state index contributed by atoms with van der Waals surface area (Å²) < 4.78 is 5.68. The van der Waals surface area contributed by atoms with Crippen molar-refractivity contribution in [2.24, 2.45) is 0 Å². The fourth-order valence-electron chi connectivity index (χ4n) is 2.35. The maximum atomic E-state index is 12.4. The van der Waals surface area contributed by atoms with Crippen molar-refractivity contribution in [3.63, 3.8) is 0 Å². The van der Waals surface area contributed by atoms with Gasteiger partial charge in [-0.3, -0.25) is 4.79 Å². The van der Waals surface area contributed by atoms with E-state index >= 15 is 0 Å². The molecule has 0 radical (unpaired) electrons. The number of carbonyl (C=O) groups excluding carboxylic acids is 1. The van der Waals surface area contributed by atoms with Crippen LogP contribution < -0.4 is 5.32 Å². The van der Waals surface area contributed by atoms with Gasteiger partial charge in [-0.25, -0.2) is 0 Å². The van der Waals surface area contributed by atoms with Crippen LogP contribution in [0.15, 0.2) is 58.5 Å². The number of para-hydroxylation sites is 1. The number of anilines is 1. The van der Waals surface area contributed by atoms with E-state index in [1.165, 1.54) is 6.08 Å². The van der Waals surface area contributed by atoms with Crippen molar-refractivity contribution in [1.29, 1.82) is 5.26 Å². The number of nitrogens with zero attached hydrogens (tertiary/aromatic N) is 1. The molecule has 0 saturated heterocycles. The van der Waals surface area contributed by atoms with Gasteiger partial charge in [0.05, 0.1) is 20.8 Å². The Morgan fingerprint density at radius 2 is 1.71 bits per heavy atom. The maximum absolute atomic E-state index is 12.4. The van der Waals surface area contributed by atoms with Crippen LogP contribution in [-0.4, -0.2) is 5.91 Å². The topological polar surface area (TPSA) is 66.0 Å². The first-order chi connectivity index (χ1) is 13.4. The molecule has 1 heterocycles. The van der Waals surface area contributed by atoms with E-state index in [1.54, 1.807) is 48.5 Å². The molecule has 28 heavy (non-hydrogen) atoms. The highest BCUT2D eigenvalue weighted by atomic mass is 35.5. The first-order valence-corrected chi connectivity index (χ1v) is 9.32. The highest BCUT2D eigenvalue weighted by Gasteiger charge is 2.15. The average Bonchev–Trinajstić information content (AvgIpc) is 3.13. The van der Waals surface area contributed by atoms with Gasteiger partial charge in [-0.1, -0.05) is 52.5 Å². The summed E-state index contributed by atoms with van der Waals surface area (Å²) in [5, 5.41) is 13.4. The third-order valence-corrected chi connectivity index (χ3v) is 4.87. The minimum Gasteiger partial charge on any atom is -0.457 e. The summed E-state index contributed by atoms with van der Waals surface area (Å²) in [5.41, 5.74) is 0.636. The van der Waals surface area contributed by atoms with Gasteiger partial charge in [0.1, 0.15) is 23.2 Å². The predicted molar refractivity (Wildman–Crippen MR) is 113 cm³/mol. The Hall–Kier alpha value is -2.42.